The zero-order valence-electron chi connectivity index (χ0n) is 10.4. The van der Waals surface area contributed by atoms with Gasteiger partial charge in [0.25, 0.3) is 0 Å². The molecule has 104 valence electrons. The van der Waals surface area contributed by atoms with Crippen molar-refractivity contribution in [3.05, 3.63) is 65.2 Å². The minimum Gasteiger partial charge on any atom is -0.398 e. The first-order valence-corrected chi connectivity index (χ1v) is 5.74. The second-order valence-electron chi connectivity index (χ2n) is 4.11. The molecule has 0 aromatic heterocycles. The Bertz CT molecular complexity index is 634. The lowest BCUT2D eigenvalue weighted by Gasteiger charge is -2.14. The van der Waals surface area contributed by atoms with Gasteiger partial charge in [-0.1, -0.05) is 42.5 Å². The summed E-state index contributed by atoms with van der Waals surface area (Å²) in [5.74, 6) is 5.32. The lowest BCUT2D eigenvalue weighted by molar-refractivity contribution is -0.136. The molecule has 0 radical (unpaired) electrons. The van der Waals surface area contributed by atoms with Crippen molar-refractivity contribution in [1.29, 1.82) is 0 Å². The van der Waals surface area contributed by atoms with Gasteiger partial charge in [0.1, 0.15) is 0 Å². The fourth-order valence-corrected chi connectivity index (χ4v) is 1.91. The SMILES string of the molecule is NN=C(c1ccccc1)c1cccc(C(F)(F)F)c1N. The molecule has 4 N–H and O–H groups in total. The van der Waals surface area contributed by atoms with Crippen molar-refractivity contribution in [2.24, 2.45) is 10.9 Å². The van der Waals surface area contributed by atoms with Gasteiger partial charge in [0, 0.05) is 11.1 Å². The Kier molecular flexibility index (Phi) is 3.65. The van der Waals surface area contributed by atoms with Crippen LogP contribution in [0.15, 0.2) is 53.6 Å². The molecule has 0 aliphatic carbocycles. The van der Waals surface area contributed by atoms with Gasteiger partial charge in [-0.05, 0) is 6.07 Å². The Balaban J connectivity index is 2.58. The Morgan fingerprint density at radius 3 is 2.15 bits per heavy atom. The Morgan fingerprint density at radius 2 is 1.60 bits per heavy atom. The maximum absolute atomic E-state index is 12.8. The molecule has 0 aliphatic heterocycles. The van der Waals surface area contributed by atoms with Crippen LogP contribution in [0.1, 0.15) is 16.7 Å². The molecule has 2 aromatic rings. The second kappa shape index (κ2) is 5.24. The molecule has 0 amide bonds. The molecule has 0 saturated carbocycles. The smallest absolute Gasteiger partial charge is 0.398 e. The van der Waals surface area contributed by atoms with Crippen LogP contribution in [-0.2, 0) is 6.18 Å². The first-order chi connectivity index (χ1) is 9.45. The molecule has 6 heteroatoms. The molecule has 0 aliphatic rings. The van der Waals surface area contributed by atoms with Gasteiger partial charge < -0.3 is 11.6 Å². The van der Waals surface area contributed by atoms with Gasteiger partial charge in [-0.15, -0.1) is 0 Å². The van der Waals surface area contributed by atoms with E-state index >= 15 is 0 Å². The van der Waals surface area contributed by atoms with Gasteiger partial charge in [-0.2, -0.15) is 18.3 Å². The van der Waals surface area contributed by atoms with Crippen molar-refractivity contribution in [3.8, 4) is 0 Å². The molecular formula is C14H12F3N3. The minimum atomic E-state index is -4.52. The summed E-state index contributed by atoms with van der Waals surface area (Å²) in [5, 5.41) is 3.58. The third-order valence-corrected chi connectivity index (χ3v) is 2.84. The lowest BCUT2D eigenvalue weighted by atomic mass is 9.98. The summed E-state index contributed by atoms with van der Waals surface area (Å²) in [6.45, 7) is 0. The third-order valence-electron chi connectivity index (χ3n) is 2.84. The van der Waals surface area contributed by atoms with Crippen molar-refractivity contribution in [1.82, 2.24) is 0 Å². The number of para-hydroxylation sites is 1. The quantitative estimate of drug-likeness (QED) is 0.384. The van der Waals surface area contributed by atoms with Crippen molar-refractivity contribution < 1.29 is 13.2 Å². The van der Waals surface area contributed by atoms with Gasteiger partial charge >= 0.3 is 6.18 Å². The highest BCUT2D eigenvalue weighted by Crippen LogP contribution is 2.35. The van der Waals surface area contributed by atoms with Crippen molar-refractivity contribution in [3.63, 3.8) is 0 Å². The van der Waals surface area contributed by atoms with Crippen LogP contribution in [-0.4, -0.2) is 5.71 Å². The predicted octanol–water partition coefficient (Wildman–Crippen LogP) is 3.00. The van der Waals surface area contributed by atoms with E-state index in [4.69, 9.17) is 11.6 Å². The molecule has 0 saturated heterocycles. The van der Waals surface area contributed by atoms with Gasteiger partial charge in [0.2, 0.25) is 0 Å². The normalized spacial score (nSPS) is 12.4. The summed E-state index contributed by atoms with van der Waals surface area (Å²) in [7, 11) is 0. The summed E-state index contributed by atoms with van der Waals surface area (Å²) >= 11 is 0. The number of nitrogens with zero attached hydrogens (tertiary/aromatic N) is 1. The summed E-state index contributed by atoms with van der Waals surface area (Å²) in [5.41, 5.74) is 5.32. The molecule has 2 aromatic carbocycles. The Morgan fingerprint density at radius 1 is 0.950 bits per heavy atom. The van der Waals surface area contributed by atoms with Crippen molar-refractivity contribution >= 4 is 11.4 Å². The standard InChI is InChI=1S/C14H12F3N3/c15-14(16,17)11-8-4-7-10(12(11)18)13(20-19)9-5-2-1-3-6-9/h1-8H,18-19H2. The molecule has 0 unspecified atom stereocenters. The molecule has 0 spiro atoms. The maximum Gasteiger partial charge on any atom is 0.418 e. The van der Waals surface area contributed by atoms with E-state index in [2.05, 4.69) is 5.10 Å². The fraction of sp³-hybridized carbons (Fsp3) is 0.0714. The number of hydrogen-bond acceptors (Lipinski definition) is 3. The number of halogens is 3. The van der Waals surface area contributed by atoms with E-state index in [1.165, 1.54) is 12.1 Å². The zero-order valence-corrected chi connectivity index (χ0v) is 10.4. The van der Waals surface area contributed by atoms with Crippen LogP contribution < -0.4 is 11.6 Å². The topological polar surface area (TPSA) is 64.4 Å². The summed E-state index contributed by atoms with van der Waals surface area (Å²) in [4.78, 5) is 0. The number of benzene rings is 2. The molecule has 2 rings (SSSR count). The maximum atomic E-state index is 12.8. The molecule has 0 fully saturated rings. The highest BCUT2D eigenvalue weighted by molar-refractivity contribution is 6.15. The van der Waals surface area contributed by atoms with Crippen LogP contribution in [0, 0.1) is 0 Å². The average Bonchev–Trinajstić information content (AvgIpc) is 2.41. The van der Waals surface area contributed by atoms with Gasteiger partial charge in [0.05, 0.1) is 17.0 Å². The number of nitrogen functional groups attached to an aromatic ring is 1. The summed E-state index contributed by atoms with van der Waals surface area (Å²) in [6, 6.07) is 12.3. The van der Waals surface area contributed by atoms with Gasteiger partial charge in [0.15, 0.2) is 0 Å². The summed E-state index contributed by atoms with van der Waals surface area (Å²) in [6.07, 6.45) is -4.52. The largest absolute Gasteiger partial charge is 0.418 e. The molecule has 0 bridgehead atoms. The monoisotopic (exact) mass is 279 g/mol. The number of rotatable bonds is 2. The van der Waals surface area contributed by atoms with Crippen LogP contribution in [0.5, 0.6) is 0 Å². The number of nitrogens with two attached hydrogens (primary N) is 2. The molecule has 20 heavy (non-hydrogen) atoms. The molecule has 0 atom stereocenters. The molecular weight excluding hydrogens is 267 g/mol. The average molecular weight is 279 g/mol. The van der Waals surface area contributed by atoms with Crippen LogP contribution >= 0.6 is 0 Å². The zero-order chi connectivity index (χ0) is 14.8. The minimum absolute atomic E-state index is 0.161. The highest BCUT2D eigenvalue weighted by atomic mass is 19.4. The molecule has 0 heterocycles. The fourth-order valence-electron chi connectivity index (χ4n) is 1.91. The number of alkyl halides is 3. The lowest BCUT2D eigenvalue weighted by Crippen LogP contribution is -2.15. The van der Waals surface area contributed by atoms with Gasteiger partial charge in [-0.25, -0.2) is 0 Å². The van der Waals surface area contributed by atoms with E-state index in [-0.39, 0.29) is 17.0 Å². The van der Waals surface area contributed by atoms with Crippen molar-refractivity contribution in [2.75, 3.05) is 5.73 Å². The van der Waals surface area contributed by atoms with Gasteiger partial charge in [-0.3, -0.25) is 0 Å². The highest BCUT2D eigenvalue weighted by Gasteiger charge is 2.34. The van der Waals surface area contributed by atoms with Crippen LogP contribution in [0.3, 0.4) is 0 Å². The van der Waals surface area contributed by atoms with E-state index in [1.807, 2.05) is 0 Å². The third kappa shape index (κ3) is 2.59. The van der Waals surface area contributed by atoms with E-state index in [0.29, 0.717) is 5.56 Å². The van der Waals surface area contributed by atoms with Crippen LogP contribution in [0.25, 0.3) is 0 Å². The Labute approximate surface area is 113 Å². The number of anilines is 1. The first kappa shape index (κ1) is 13.9. The molecule has 3 nitrogen and oxygen atoms in total. The first-order valence-electron chi connectivity index (χ1n) is 5.74. The van der Waals surface area contributed by atoms with E-state index < -0.39 is 11.7 Å². The van der Waals surface area contributed by atoms with Crippen LogP contribution in [0.4, 0.5) is 18.9 Å². The summed E-state index contributed by atoms with van der Waals surface area (Å²) < 4.78 is 38.5. The second-order valence-corrected chi connectivity index (χ2v) is 4.11. The van der Waals surface area contributed by atoms with E-state index in [9.17, 15) is 13.2 Å². The van der Waals surface area contributed by atoms with E-state index in [1.54, 1.807) is 30.3 Å². The number of hydrazone groups is 1. The van der Waals surface area contributed by atoms with Crippen molar-refractivity contribution in [2.45, 2.75) is 6.18 Å². The number of hydrogen-bond donors (Lipinski definition) is 2. The van der Waals surface area contributed by atoms with Crippen LogP contribution in [0.2, 0.25) is 0 Å². The van der Waals surface area contributed by atoms with E-state index in [0.717, 1.165) is 6.07 Å². The Hall–Kier alpha value is -2.50. The predicted molar refractivity (Wildman–Crippen MR) is 72.1 cm³/mol.